The van der Waals surface area contributed by atoms with Crippen LogP contribution in [-0.4, -0.2) is 164 Å². The first-order valence-electron chi connectivity index (χ1n) is 31.9. The fourth-order valence-electron chi connectivity index (χ4n) is 12.5. The van der Waals surface area contributed by atoms with Gasteiger partial charge in [0.15, 0.2) is 5.96 Å². The predicted molar refractivity (Wildman–Crippen MR) is 341 cm³/mol. The first kappa shape index (κ1) is 66.7. The molecule has 9 rings (SSSR count). The summed E-state index contributed by atoms with van der Waals surface area (Å²) in [6, 6.07) is 31.0. The van der Waals surface area contributed by atoms with E-state index in [1.807, 2.05) is 82.6 Å². The first-order valence-corrected chi connectivity index (χ1v) is 31.9. The SMILES string of the molecule is CCC(=O)NCCNC(=O)NC(N)=NCCC[C@@H](NC(=O)[C@H](c1ccc(OCCCN2CCN(C3CCN(C(=O)CCCCCNC(=O)OCC4c5ccccc5-c5ccccc54)CC3)CC2)cc1)N1Cc2ccccc2C1)C(=O)NCc1c(F)cc(O)cc1F. The molecule has 0 spiro atoms. The zero-order chi connectivity index (χ0) is 64.1. The number of hydrogen-bond donors (Lipinski definition) is 8. The highest BCUT2D eigenvalue weighted by Crippen LogP contribution is 2.44. The predicted octanol–water partition coefficient (Wildman–Crippen LogP) is 6.93. The number of guanidine groups is 1. The van der Waals surface area contributed by atoms with Crippen molar-refractivity contribution in [3.63, 3.8) is 0 Å². The molecule has 5 aromatic rings. The number of aliphatic imine (C=N–C) groups is 1. The number of rotatable bonds is 29. The lowest BCUT2D eigenvalue weighted by molar-refractivity contribution is -0.133. The van der Waals surface area contributed by atoms with Crippen molar-refractivity contribution < 1.29 is 52.1 Å². The molecule has 4 aliphatic rings. The molecule has 0 bridgehead atoms. The maximum atomic E-state index is 14.8. The zero-order valence-corrected chi connectivity index (χ0v) is 51.9. The summed E-state index contributed by atoms with van der Waals surface area (Å²) in [7, 11) is 0. The zero-order valence-electron chi connectivity index (χ0n) is 51.9. The summed E-state index contributed by atoms with van der Waals surface area (Å²) >= 11 is 0. The minimum atomic E-state index is -1.20. The Bertz CT molecular complexity index is 3230. The number of benzene rings is 5. The van der Waals surface area contributed by atoms with Gasteiger partial charge in [-0.05, 0) is 96.0 Å². The van der Waals surface area contributed by atoms with Gasteiger partial charge < -0.3 is 56.7 Å². The third kappa shape index (κ3) is 19.0. The summed E-state index contributed by atoms with van der Waals surface area (Å²) in [6.45, 7) is 10.0. The second-order valence-electron chi connectivity index (χ2n) is 23.6. The molecule has 0 unspecified atom stereocenters. The molecular weight excluding hydrogens is 1170 g/mol. The van der Waals surface area contributed by atoms with E-state index in [2.05, 4.69) is 71.0 Å². The number of aromatic hydroxyl groups is 1. The van der Waals surface area contributed by atoms with Crippen LogP contribution in [0.25, 0.3) is 11.1 Å². The number of alkyl carbamates (subject to hydrolysis) is 1. The van der Waals surface area contributed by atoms with Crippen LogP contribution in [0.2, 0.25) is 0 Å². The van der Waals surface area contributed by atoms with Crippen LogP contribution in [0.4, 0.5) is 18.4 Å². The number of piperidine rings is 1. The average molecular weight is 1250 g/mol. The van der Waals surface area contributed by atoms with Gasteiger partial charge in [-0.1, -0.05) is 98.3 Å². The van der Waals surface area contributed by atoms with Gasteiger partial charge in [-0.15, -0.1) is 0 Å². The Balaban J connectivity index is 0.687. The number of likely N-dealkylation sites (tertiary alicyclic amines) is 1. The Morgan fingerprint density at radius 2 is 1.36 bits per heavy atom. The quantitative estimate of drug-likeness (QED) is 0.0137. The summed E-state index contributed by atoms with van der Waals surface area (Å²) < 4.78 is 41.4. The van der Waals surface area contributed by atoms with Crippen LogP contribution in [0, 0.1) is 11.6 Å². The van der Waals surface area contributed by atoms with E-state index in [0.29, 0.717) is 56.4 Å². The van der Waals surface area contributed by atoms with Crippen LogP contribution in [0.3, 0.4) is 0 Å². The third-order valence-corrected chi connectivity index (χ3v) is 17.4. The smallest absolute Gasteiger partial charge is 0.407 e. The monoisotopic (exact) mass is 1250 g/mol. The summed E-state index contributed by atoms with van der Waals surface area (Å²) in [5.41, 5.74) is 13.0. The van der Waals surface area contributed by atoms with Crippen molar-refractivity contribution in [1.82, 2.24) is 51.5 Å². The lowest BCUT2D eigenvalue weighted by atomic mass is 9.98. The molecule has 9 N–H and O–H groups in total. The van der Waals surface area contributed by atoms with E-state index in [-0.39, 0.29) is 62.8 Å². The van der Waals surface area contributed by atoms with Gasteiger partial charge in [-0.2, -0.15) is 0 Å². The topological polar surface area (TPSA) is 265 Å². The molecule has 0 saturated carbocycles. The van der Waals surface area contributed by atoms with Crippen molar-refractivity contribution in [2.45, 2.75) is 115 Å². The third-order valence-electron chi connectivity index (χ3n) is 17.4. The Morgan fingerprint density at radius 1 is 0.714 bits per heavy atom. The van der Waals surface area contributed by atoms with E-state index < -0.39 is 65.5 Å². The fourth-order valence-corrected chi connectivity index (χ4v) is 12.5. The van der Waals surface area contributed by atoms with Crippen LogP contribution in [-0.2, 0) is 43.5 Å². The van der Waals surface area contributed by atoms with Gasteiger partial charge in [0.2, 0.25) is 23.6 Å². The Labute approximate surface area is 530 Å². The molecular formula is C68H86F2N12O9. The van der Waals surface area contributed by atoms with E-state index in [9.17, 15) is 42.7 Å². The molecule has 21 nitrogen and oxygen atoms in total. The maximum Gasteiger partial charge on any atom is 0.407 e. The number of urea groups is 1. The number of carbonyl (C=O) groups is 6. The second kappa shape index (κ2) is 33.4. The molecule has 3 aliphatic heterocycles. The van der Waals surface area contributed by atoms with Gasteiger partial charge in [-0.25, -0.2) is 18.4 Å². The number of hydrogen-bond acceptors (Lipinski definition) is 13. The molecule has 1 aliphatic carbocycles. The minimum absolute atomic E-state index is 0.0182. The fraction of sp³-hybridized carbons (Fsp3) is 0.456. The van der Waals surface area contributed by atoms with Gasteiger partial charge in [0.05, 0.1) is 6.61 Å². The van der Waals surface area contributed by atoms with Gasteiger partial charge in [0.25, 0.3) is 0 Å². The Hall–Kier alpha value is -8.67. The number of fused-ring (bicyclic) bond motifs is 4. The first-order chi connectivity index (χ1) is 44.2. The molecule has 0 radical (unpaired) electrons. The number of phenolic OH excluding ortho intramolecular Hbond substituents is 1. The van der Waals surface area contributed by atoms with Crippen LogP contribution in [0.15, 0.2) is 114 Å². The van der Waals surface area contributed by atoms with Crippen LogP contribution < -0.4 is 42.4 Å². The van der Waals surface area contributed by atoms with Crippen molar-refractivity contribution in [1.29, 1.82) is 0 Å². The standard InChI is InChI=1S/C68H86F2N12O9/c1-2-61(84)72-30-31-74-67(88)78-66(71)73-29-12-20-60(64(86)76-42-56-58(69)40-50(83)41-59(56)70)77-65(87)63(82-43-47-14-5-6-15-48(47)44-82)46-22-24-51(25-23-46)90-39-13-32-79-35-37-80(38-36-79)49-26-33-81(34-27-49)62(85)21-4-3-11-28-75-68(89)91-45-57-54-18-9-7-16-52(54)53-17-8-10-19-55(53)57/h5-10,14-19,22-25,40-41,49,57,60,63,83H,2-4,11-13,20-21,26-39,42-45H2,1H3,(H,72,84)(H,75,89)(H,76,86)(H,77,87)(H4,71,73,74,78,88)/t60-,63+/m1/s1. The number of carbonyl (C=O) groups excluding carboxylic acids is 6. The van der Waals surface area contributed by atoms with E-state index in [1.54, 1.807) is 6.92 Å². The molecule has 0 aromatic heterocycles. The van der Waals surface area contributed by atoms with Crippen molar-refractivity contribution in [3.05, 3.63) is 154 Å². The van der Waals surface area contributed by atoms with E-state index in [1.165, 1.54) is 22.3 Å². The normalized spacial score (nSPS) is 16.0. The van der Waals surface area contributed by atoms with Crippen molar-refractivity contribution in [3.8, 4) is 22.6 Å². The van der Waals surface area contributed by atoms with E-state index in [0.717, 1.165) is 108 Å². The number of piperazine rings is 1. The molecule has 486 valence electrons. The number of nitrogens with two attached hydrogens (primary N) is 1. The largest absolute Gasteiger partial charge is 0.508 e. The highest BCUT2D eigenvalue weighted by molar-refractivity contribution is 5.95. The number of ether oxygens (including phenoxy) is 2. The number of nitrogens with one attached hydrogen (secondary N) is 6. The number of unbranched alkanes of at least 4 members (excludes halogenated alkanes) is 2. The molecule has 5 aromatic carbocycles. The number of nitrogens with zero attached hydrogens (tertiary/aromatic N) is 5. The molecule has 2 saturated heterocycles. The van der Waals surface area contributed by atoms with Crippen LogP contribution in [0.1, 0.15) is 116 Å². The van der Waals surface area contributed by atoms with Crippen molar-refractivity contribution in [2.24, 2.45) is 10.7 Å². The molecule has 7 amide bonds. The minimum Gasteiger partial charge on any atom is -0.508 e. The molecule has 23 heteroatoms. The highest BCUT2D eigenvalue weighted by atomic mass is 19.1. The van der Waals surface area contributed by atoms with Crippen molar-refractivity contribution in [2.75, 3.05) is 85.2 Å². The lowest BCUT2D eigenvalue weighted by Gasteiger charge is -2.42. The Kier molecular flexibility index (Phi) is 24.5. The second-order valence-corrected chi connectivity index (χ2v) is 23.6. The summed E-state index contributed by atoms with van der Waals surface area (Å²) in [5, 5.41) is 25.7. The highest BCUT2D eigenvalue weighted by Gasteiger charge is 2.35. The van der Waals surface area contributed by atoms with Gasteiger partial charge in [-0.3, -0.25) is 39.3 Å². The van der Waals surface area contributed by atoms with Gasteiger partial charge in [0.1, 0.15) is 41.8 Å². The number of amides is 7. The molecule has 91 heavy (non-hydrogen) atoms. The summed E-state index contributed by atoms with van der Waals surface area (Å²) in [4.78, 5) is 91.5. The van der Waals surface area contributed by atoms with Gasteiger partial charge in [0, 0.05) is 134 Å². The van der Waals surface area contributed by atoms with E-state index in [4.69, 9.17) is 15.2 Å². The number of phenols is 1. The average Bonchev–Trinajstić information content (AvgIpc) is 1.72. The summed E-state index contributed by atoms with van der Waals surface area (Å²) in [6.07, 6.45) is 5.78. The Morgan fingerprint density at radius 3 is 2.03 bits per heavy atom. The number of halogens is 2. The maximum absolute atomic E-state index is 14.8. The molecule has 2 fully saturated rings. The van der Waals surface area contributed by atoms with Gasteiger partial charge >= 0.3 is 12.1 Å². The van der Waals surface area contributed by atoms with Crippen LogP contribution >= 0.6 is 0 Å². The molecule has 3 heterocycles. The van der Waals surface area contributed by atoms with E-state index >= 15 is 0 Å². The van der Waals surface area contributed by atoms with Crippen LogP contribution in [0.5, 0.6) is 11.5 Å². The summed E-state index contributed by atoms with van der Waals surface area (Å²) in [5.74, 6) is -3.41. The molecule has 2 atom stereocenters. The van der Waals surface area contributed by atoms with Crippen molar-refractivity contribution >= 4 is 41.7 Å². The lowest BCUT2D eigenvalue weighted by Crippen LogP contribution is -2.53.